The molecule has 0 saturated heterocycles. The van der Waals surface area contributed by atoms with Gasteiger partial charge < -0.3 is 10.6 Å². The molecule has 20 heavy (non-hydrogen) atoms. The van der Waals surface area contributed by atoms with Gasteiger partial charge >= 0.3 is 0 Å². The third-order valence-corrected chi connectivity index (χ3v) is 3.91. The van der Waals surface area contributed by atoms with Crippen molar-refractivity contribution in [1.82, 2.24) is 9.88 Å². The number of amides is 1. The standard InChI is InChI=1S/C13H21N3O3S/c1-3-16(10-11-4-7-15-8-5-11)13(17)12(14)6-9-20(2,18)19/h4-5,7-8,12H,3,6,9-10,14H2,1-2H3. The monoisotopic (exact) mass is 299 g/mol. The van der Waals surface area contributed by atoms with Crippen LogP contribution in [0, 0.1) is 0 Å². The van der Waals surface area contributed by atoms with E-state index < -0.39 is 15.9 Å². The number of pyridine rings is 1. The second-order valence-electron chi connectivity index (χ2n) is 4.73. The fraction of sp³-hybridized carbons (Fsp3) is 0.538. The second kappa shape index (κ2) is 7.35. The summed E-state index contributed by atoms with van der Waals surface area (Å²) in [6.45, 7) is 2.83. The van der Waals surface area contributed by atoms with Gasteiger partial charge in [0.05, 0.1) is 11.8 Å². The fourth-order valence-corrected chi connectivity index (χ4v) is 2.44. The first kappa shape index (κ1) is 16.6. The first-order valence-corrected chi connectivity index (χ1v) is 8.50. The first-order valence-electron chi connectivity index (χ1n) is 6.44. The predicted octanol–water partition coefficient (Wildman–Crippen LogP) is 0.192. The third kappa shape index (κ3) is 5.66. The topological polar surface area (TPSA) is 93.4 Å². The minimum atomic E-state index is -3.10. The molecule has 1 atom stereocenters. The Morgan fingerprint density at radius 3 is 2.50 bits per heavy atom. The number of nitrogens with two attached hydrogens (primary N) is 1. The number of carbonyl (C=O) groups is 1. The smallest absolute Gasteiger partial charge is 0.239 e. The molecule has 1 aromatic heterocycles. The predicted molar refractivity (Wildman–Crippen MR) is 77.6 cm³/mol. The van der Waals surface area contributed by atoms with E-state index in [1.807, 2.05) is 19.1 Å². The number of sulfone groups is 1. The summed E-state index contributed by atoms with van der Waals surface area (Å²) in [4.78, 5) is 17.7. The summed E-state index contributed by atoms with van der Waals surface area (Å²) in [5.74, 6) is -0.305. The Morgan fingerprint density at radius 2 is 2.00 bits per heavy atom. The molecule has 1 amide bonds. The fourth-order valence-electron chi connectivity index (χ4n) is 1.75. The average Bonchev–Trinajstić information content (AvgIpc) is 2.41. The molecule has 0 spiro atoms. The number of hydrogen-bond acceptors (Lipinski definition) is 5. The zero-order chi connectivity index (χ0) is 15.2. The highest BCUT2D eigenvalue weighted by Gasteiger charge is 2.21. The maximum absolute atomic E-state index is 12.2. The second-order valence-corrected chi connectivity index (χ2v) is 6.99. The van der Waals surface area contributed by atoms with Crippen molar-refractivity contribution in [3.05, 3.63) is 30.1 Å². The van der Waals surface area contributed by atoms with Crippen molar-refractivity contribution < 1.29 is 13.2 Å². The molecular weight excluding hydrogens is 278 g/mol. The minimum Gasteiger partial charge on any atom is -0.337 e. The highest BCUT2D eigenvalue weighted by molar-refractivity contribution is 7.90. The van der Waals surface area contributed by atoms with Crippen molar-refractivity contribution in [1.29, 1.82) is 0 Å². The molecule has 1 heterocycles. The zero-order valence-electron chi connectivity index (χ0n) is 11.8. The van der Waals surface area contributed by atoms with Crippen LogP contribution >= 0.6 is 0 Å². The Morgan fingerprint density at radius 1 is 1.40 bits per heavy atom. The average molecular weight is 299 g/mol. The number of carbonyl (C=O) groups excluding carboxylic acids is 1. The molecule has 0 radical (unpaired) electrons. The van der Waals surface area contributed by atoms with E-state index in [9.17, 15) is 13.2 Å². The van der Waals surface area contributed by atoms with Gasteiger partial charge in [0.1, 0.15) is 9.84 Å². The van der Waals surface area contributed by atoms with Crippen LogP contribution in [0.25, 0.3) is 0 Å². The number of rotatable bonds is 7. The Labute approximate surface area is 119 Å². The van der Waals surface area contributed by atoms with Crippen LogP contribution in [-0.2, 0) is 21.2 Å². The van der Waals surface area contributed by atoms with Crippen molar-refractivity contribution in [2.24, 2.45) is 5.73 Å². The summed E-state index contributed by atoms with van der Waals surface area (Å²) in [6, 6.07) is 2.88. The van der Waals surface area contributed by atoms with Crippen molar-refractivity contribution in [3.8, 4) is 0 Å². The van der Waals surface area contributed by atoms with Gasteiger partial charge in [-0.1, -0.05) is 0 Å². The van der Waals surface area contributed by atoms with Gasteiger partial charge in [-0.05, 0) is 31.0 Å². The lowest BCUT2D eigenvalue weighted by Gasteiger charge is -2.24. The summed E-state index contributed by atoms with van der Waals surface area (Å²) in [5.41, 5.74) is 6.75. The highest BCUT2D eigenvalue weighted by atomic mass is 32.2. The normalized spacial score (nSPS) is 12.9. The van der Waals surface area contributed by atoms with Gasteiger partial charge in [0.15, 0.2) is 0 Å². The summed E-state index contributed by atoms with van der Waals surface area (Å²) < 4.78 is 22.2. The lowest BCUT2D eigenvalue weighted by molar-refractivity contribution is -0.133. The molecule has 0 fully saturated rings. The van der Waals surface area contributed by atoms with E-state index in [4.69, 9.17) is 5.73 Å². The van der Waals surface area contributed by atoms with Gasteiger partial charge in [0.2, 0.25) is 5.91 Å². The molecule has 0 bridgehead atoms. The quantitative estimate of drug-likeness (QED) is 0.776. The van der Waals surface area contributed by atoms with E-state index in [0.717, 1.165) is 11.8 Å². The number of aromatic nitrogens is 1. The van der Waals surface area contributed by atoms with Crippen LogP contribution in [0.2, 0.25) is 0 Å². The van der Waals surface area contributed by atoms with Crippen LogP contribution < -0.4 is 5.73 Å². The lowest BCUT2D eigenvalue weighted by atomic mass is 10.2. The van der Waals surface area contributed by atoms with Crippen molar-refractivity contribution >= 4 is 15.7 Å². The van der Waals surface area contributed by atoms with Crippen LogP contribution in [-0.4, -0.2) is 48.8 Å². The largest absolute Gasteiger partial charge is 0.337 e. The molecule has 1 rings (SSSR count). The lowest BCUT2D eigenvalue weighted by Crippen LogP contribution is -2.44. The van der Waals surface area contributed by atoms with E-state index in [1.54, 1.807) is 17.3 Å². The third-order valence-electron chi connectivity index (χ3n) is 2.93. The van der Waals surface area contributed by atoms with Gasteiger partial charge in [0, 0.05) is 31.7 Å². The molecule has 112 valence electrons. The molecule has 2 N–H and O–H groups in total. The Kier molecular flexibility index (Phi) is 6.09. The molecule has 0 saturated carbocycles. The maximum Gasteiger partial charge on any atom is 0.239 e. The zero-order valence-corrected chi connectivity index (χ0v) is 12.6. The summed E-state index contributed by atoms with van der Waals surface area (Å²) in [5, 5.41) is 0. The van der Waals surface area contributed by atoms with E-state index in [1.165, 1.54) is 0 Å². The molecule has 1 unspecified atom stereocenters. The number of hydrogen-bond donors (Lipinski definition) is 1. The van der Waals surface area contributed by atoms with Crippen LogP contribution in [0.4, 0.5) is 0 Å². The summed E-state index contributed by atoms with van der Waals surface area (Å²) >= 11 is 0. The molecule has 0 aliphatic carbocycles. The molecule has 0 aliphatic heterocycles. The molecule has 0 aromatic carbocycles. The summed E-state index contributed by atoms with van der Waals surface area (Å²) in [6.07, 6.45) is 4.61. The Balaban J connectivity index is 2.62. The van der Waals surface area contributed by atoms with Gasteiger partial charge in [0.25, 0.3) is 0 Å². The van der Waals surface area contributed by atoms with Crippen molar-refractivity contribution in [3.63, 3.8) is 0 Å². The van der Waals surface area contributed by atoms with E-state index in [0.29, 0.717) is 13.1 Å². The van der Waals surface area contributed by atoms with Crippen molar-refractivity contribution in [2.75, 3.05) is 18.6 Å². The van der Waals surface area contributed by atoms with Crippen LogP contribution in [0.1, 0.15) is 18.9 Å². The van der Waals surface area contributed by atoms with Crippen LogP contribution in [0.15, 0.2) is 24.5 Å². The van der Waals surface area contributed by atoms with E-state index >= 15 is 0 Å². The van der Waals surface area contributed by atoms with Gasteiger partial charge in [-0.2, -0.15) is 0 Å². The minimum absolute atomic E-state index is 0.0767. The number of likely N-dealkylation sites (N-methyl/N-ethyl adjacent to an activating group) is 1. The number of nitrogens with zero attached hydrogens (tertiary/aromatic N) is 2. The molecule has 7 heteroatoms. The van der Waals surface area contributed by atoms with Crippen LogP contribution in [0.3, 0.4) is 0 Å². The molecule has 1 aromatic rings. The Hall–Kier alpha value is -1.47. The van der Waals surface area contributed by atoms with Crippen molar-refractivity contribution in [2.45, 2.75) is 25.9 Å². The Bertz CT molecular complexity index is 531. The van der Waals surface area contributed by atoms with Gasteiger partial charge in [-0.15, -0.1) is 0 Å². The maximum atomic E-state index is 12.2. The summed E-state index contributed by atoms with van der Waals surface area (Å²) in [7, 11) is -3.10. The molecular formula is C13H21N3O3S. The highest BCUT2D eigenvalue weighted by Crippen LogP contribution is 2.06. The van der Waals surface area contributed by atoms with E-state index in [-0.39, 0.29) is 18.1 Å². The van der Waals surface area contributed by atoms with Gasteiger partial charge in [-0.3, -0.25) is 9.78 Å². The van der Waals surface area contributed by atoms with E-state index in [2.05, 4.69) is 4.98 Å². The molecule has 0 aliphatic rings. The van der Waals surface area contributed by atoms with Gasteiger partial charge in [-0.25, -0.2) is 8.42 Å². The SMILES string of the molecule is CCN(Cc1ccncc1)C(=O)C(N)CCS(C)(=O)=O. The first-order chi connectivity index (χ1) is 9.33. The molecule has 6 nitrogen and oxygen atoms in total. The van der Waals surface area contributed by atoms with Crippen LogP contribution in [0.5, 0.6) is 0 Å².